The summed E-state index contributed by atoms with van der Waals surface area (Å²) < 4.78 is 18.3. The Balaban J connectivity index is 1.69. The van der Waals surface area contributed by atoms with Gasteiger partial charge in [0.15, 0.2) is 11.5 Å². The van der Waals surface area contributed by atoms with Crippen molar-refractivity contribution >= 4 is 29.3 Å². The molecule has 0 radical (unpaired) electrons. The Bertz CT molecular complexity index is 1100. The van der Waals surface area contributed by atoms with Gasteiger partial charge in [0, 0.05) is 9.92 Å². The van der Waals surface area contributed by atoms with E-state index in [-0.39, 0.29) is 12.3 Å². The van der Waals surface area contributed by atoms with Gasteiger partial charge >= 0.3 is 5.97 Å². The van der Waals surface area contributed by atoms with Crippen molar-refractivity contribution in [1.29, 1.82) is 0 Å². The fourth-order valence-corrected chi connectivity index (χ4v) is 3.98. The molecular formula is C22H21ClN2O4S. The van der Waals surface area contributed by atoms with E-state index >= 15 is 0 Å². The van der Waals surface area contributed by atoms with Gasteiger partial charge in [-0.05, 0) is 70.2 Å². The van der Waals surface area contributed by atoms with Crippen LogP contribution in [0.1, 0.15) is 36.8 Å². The number of aryl methyl sites for hydroxylation is 1. The van der Waals surface area contributed by atoms with Gasteiger partial charge in [0.25, 0.3) is 0 Å². The first kappa shape index (κ1) is 20.6. The molecule has 0 atom stereocenters. The summed E-state index contributed by atoms with van der Waals surface area (Å²) in [6.07, 6.45) is 0. The lowest BCUT2D eigenvalue weighted by Crippen LogP contribution is -2.25. The number of ether oxygens (including phenoxy) is 3. The molecule has 0 unspecified atom stereocenters. The van der Waals surface area contributed by atoms with Crippen LogP contribution in [0.5, 0.6) is 17.4 Å². The largest absolute Gasteiger partial charge is 0.454 e. The van der Waals surface area contributed by atoms with E-state index < -0.39 is 5.97 Å². The van der Waals surface area contributed by atoms with Crippen molar-refractivity contribution in [2.24, 2.45) is 0 Å². The van der Waals surface area contributed by atoms with Gasteiger partial charge < -0.3 is 14.2 Å². The van der Waals surface area contributed by atoms with Crippen LogP contribution < -0.4 is 14.2 Å². The predicted octanol–water partition coefficient (Wildman–Crippen LogP) is 5.70. The first-order chi connectivity index (χ1) is 14.2. The molecule has 0 saturated heterocycles. The first-order valence-electron chi connectivity index (χ1n) is 9.38. The van der Waals surface area contributed by atoms with Gasteiger partial charge in [0.05, 0.1) is 21.7 Å². The number of aromatic nitrogens is 2. The molecule has 2 aromatic carbocycles. The van der Waals surface area contributed by atoms with Crippen LogP contribution in [0.3, 0.4) is 0 Å². The summed E-state index contributed by atoms with van der Waals surface area (Å²) in [5, 5.41) is 5.31. The van der Waals surface area contributed by atoms with Crippen LogP contribution in [0.25, 0.3) is 0 Å². The van der Waals surface area contributed by atoms with Crippen LogP contribution in [0.15, 0.2) is 52.3 Å². The van der Waals surface area contributed by atoms with Gasteiger partial charge in [0.1, 0.15) is 0 Å². The Morgan fingerprint density at radius 3 is 2.53 bits per heavy atom. The van der Waals surface area contributed by atoms with Crippen molar-refractivity contribution in [3.63, 3.8) is 0 Å². The Kier molecular flexibility index (Phi) is 5.42. The second-order valence-electron chi connectivity index (χ2n) is 7.82. The predicted molar refractivity (Wildman–Crippen MR) is 115 cm³/mol. The van der Waals surface area contributed by atoms with Crippen molar-refractivity contribution in [2.75, 3.05) is 6.79 Å². The number of carbonyl (C=O) groups excluding carboxylic acids is 1. The summed E-state index contributed by atoms with van der Waals surface area (Å²) in [6, 6.07) is 12.5. The van der Waals surface area contributed by atoms with Crippen molar-refractivity contribution in [1.82, 2.24) is 9.78 Å². The highest BCUT2D eigenvalue weighted by atomic mass is 35.5. The summed E-state index contributed by atoms with van der Waals surface area (Å²) in [4.78, 5) is 14.7. The van der Waals surface area contributed by atoms with Crippen LogP contribution in [-0.4, -0.2) is 22.5 Å². The normalized spacial score (nSPS) is 12.8. The molecule has 0 fully saturated rings. The lowest BCUT2D eigenvalue weighted by atomic mass is 10.1. The Morgan fingerprint density at radius 1 is 1.13 bits per heavy atom. The first-order valence-corrected chi connectivity index (χ1v) is 10.6. The molecule has 0 spiro atoms. The summed E-state index contributed by atoms with van der Waals surface area (Å²) >= 11 is 7.48. The molecule has 1 aromatic heterocycles. The molecular weight excluding hydrogens is 424 g/mol. The molecule has 1 aliphatic heterocycles. The third-order valence-electron chi connectivity index (χ3n) is 4.43. The maximum atomic E-state index is 13.0. The molecule has 0 N–H and O–H groups in total. The number of fused-ring (bicyclic) bond motifs is 1. The molecule has 30 heavy (non-hydrogen) atoms. The van der Waals surface area contributed by atoms with Gasteiger partial charge in [-0.1, -0.05) is 23.4 Å². The zero-order valence-corrected chi connectivity index (χ0v) is 18.6. The van der Waals surface area contributed by atoms with Crippen molar-refractivity contribution in [2.45, 2.75) is 43.0 Å². The highest BCUT2D eigenvalue weighted by Gasteiger charge is 2.28. The van der Waals surface area contributed by atoms with Crippen molar-refractivity contribution < 1.29 is 19.0 Å². The van der Waals surface area contributed by atoms with Gasteiger partial charge in [-0.3, -0.25) is 0 Å². The average molecular weight is 445 g/mol. The Morgan fingerprint density at radius 2 is 1.83 bits per heavy atom. The zero-order valence-electron chi connectivity index (χ0n) is 17.1. The molecule has 0 bridgehead atoms. The minimum Gasteiger partial charge on any atom is -0.454 e. The molecule has 3 aromatic rings. The van der Waals surface area contributed by atoms with Gasteiger partial charge in [-0.25, -0.2) is 9.48 Å². The van der Waals surface area contributed by atoms with E-state index in [0.29, 0.717) is 28.0 Å². The van der Waals surface area contributed by atoms with Crippen LogP contribution >= 0.6 is 23.4 Å². The average Bonchev–Trinajstić information content (AvgIpc) is 3.28. The zero-order chi connectivity index (χ0) is 21.5. The summed E-state index contributed by atoms with van der Waals surface area (Å²) in [5.41, 5.74) is 0.771. The molecule has 0 aliphatic carbocycles. The van der Waals surface area contributed by atoms with Gasteiger partial charge in [0.2, 0.25) is 12.7 Å². The molecule has 0 amide bonds. The van der Waals surface area contributed by atoms with Crippen LogP contribution in [0, 0.1) is 6.92 Å². The van der Waals surface area contributed by atoms with Crippen molar-refractivity contribution in [3.05, 3.63) is 58.7 Å². The van der Waals surface area contributed by atoms with Gasteiger partial charge in [-0.15, -0.1) is 0 Å². The number of rotatable bonds is 4. The number of halogens is 1. The number of hydrogen-bond acceptors (Lipinski definition) is 6. The second-order valence-corrected chi connectivity index (χ2v) is 9.34. The molecule has 6 nitrogen and oxygen atoms in total. The number of esters is 1. The molecule has 0 saturated carbocycles. The smallest absolute Gasteiger partial charge is 0.345 e. The van der Waals surface area contributed by atoms with E-state index in [4.69, 9.17) is 25.8 Å². The standard InChI is InChI=1S/C22H21ClN2O4S/c1-13-19(30-16-8-6-15(23)7-9-16)20(25(24-13)22(2,3)4)29-21(26)14-5-10-17-18(11-14)28-12-27-17/h5-11H,12H2,1-4H3. The van der Waals surface area contributed by atoms with E-state index in [1.807, 2.05) is 52.0 Å². The number of nitrogens with zero attached hydrogens (tertiary/aromatic N) is 2. The lowest BCUT2D eigenvalue weighted by Gasteiger charge is -2.22. The number of hydrogen-bond donors (Lipinski definition) is 0. The summed E-state index contributed by atoms with van der Waals surface area (Å²) in [6.45, 7) is 8.07. The van der Waals surface area contributed by atoms with E-state index in [1.165, 1.54) is 11.8 Å². The van der Waals surface area contributed by atoms with Crippen molar-refractivity contribution in [3.8, 4) is 17.4 Å². The fraction of sp³-hybridized carbons (Fsp3) is 0.273. The minimum absolute atomic E-state index is 0.145. The third kappa shape index (κ3) is 4.13. The van der Waals surface area contributed by atoms with Crippen LogP contribution in [0.2, 0.25) is 5.02 Å². The quantitative estimate of drug-likeness (QED) is 0.481. The molecule has 1 aliphatic rings. The number of carbonyl (C=O) groups is 1. The van der Waals surface area contributed by atoms with E-state index in [9.17, 15) is 4.79 Å². The van der Waals surface area contributed by atoms with Crippen LogP contribution in [0.4, 0.5) is 0 Å². The molecule has 156 valence electrons. The molecule has 4 rings (SSSR count). The Labute approximate surface area is 184 Å². The second kappa shape index (κ2) is 7.89. The maximum absolute atomic E-state index is 13.0. The topological polar surface area (TPSA) is 62.6 Å². The highest BCUT2D eigenvalue weighted by Crippen LogP contribution is 2.41. The third-order valence-corrected chi connectivity index (χ3v) is 5.87. The molecule has 2 heterocycles. The minimum atomic E-state index is -0.489. The molecule has 8 heteroatoms. The summed E-state index contributed by atoms with van der Waals surface area (Å²) in [5.74, 6) is 1.06. The lowest BCUT2D eigenvalue weighted by molar-refractivity contribution is 0.0703. The maximum Gasteiger partial charge on any atom is 0.345 e. The summed E-state index contributed by atoms with van der Waals surface area (Å²) in [7, 11) is 0. The van der Waals surface area contributed by atoms with Gasteiger partial charge in [-0.2, -0.15) is 5.10 Å². The highest BCUT2D eigenvalue weighted by molar-refractivity contribution is 7.99. The number of benzene rings is 2. The van der Waals surface area contributed by atoms with E-state index in [1.54, 1.807) is 22.9 Å². The van der Waals surface area contributed by atoms with E-state index in [0.717, 1.165) is 15.5 Å². The monoisotopic (exact) mass is 444 g/mol. The van der Waals surface area contributed by atoms with E-state index in [2.05, 4.69) is 5.10 Å². The SMILES string of the molecule is Cc1nn(C(C)(C)C)c(OC(=O)c2ccc3c(c2)OCO3)c1Sc1ccc(Cl)cc1. The fourth-order valence-electron chi connectivity index (χ4n) is 2.94. The van der Waals surface area contributed by atoms with Crippen LogP contribution in [-0.2, 0) is 5.54 Å². The Hall–Kier alpha value is -2.64.